The summed E-state index contributed by atoms with van der Waals surface area (Å²) >= 11 is 1.55. The zero-order chi connectivity index (χ0) is 24.2. The smallest absolute Gasteiger partial charge is 0.269 e. The summed E-state index contributed by atoms with van der Waals surface area (Å²) in [5, 5.41) is 6.90. The fraction of sp³-hybridized carbons (Fsp3) is 0.231. The monoisotopic (exact) mass is 487 g/mol. The molecule has 1 aliphatic heterocycles. The minimum absolute atomic E-state index is 0.0684. The van der Waals surface area contributed by atoms with E-state index in [2.05, 4.69) is 15.6 Å². The summed E-state index contributed by atoms with van der Waals surface area (Å²) in [7, 11) is 1.56. The number of aromatic nitrogens is 2. The van der Waals surface area contributed by atoms with Crippen LogP contribution >= 0.6 is 11.3 Å². The highest BCUT2D eigenvalue weighted by atomic mass is 32.1. The molecule has 2 amide bonds. The number of ether oxygens (including phenoxy) is 1. The number of nitrogens with zero attached hydrogens (tertiary/aromatic N) is 3. The number of piperidine rings is 1. The molecule has 2 N–H and O–H groups in total. The van der Waals surface area contributed by atoms with E-state index in [1.54, 1.807) is 36.7 Å². The van der Waals surface area contributed by atoms with E-state index in [9.17, 15) is 9.59 Å². The molecule has 35 heavy (non-hydrogen) atoms. The number of anilines is 1. The van der Waals surface area contributed by atoms with E-state index in [0.717, 1.165) is 40.3 Å². The van der Waals surface area contributed by atoms with Crippen molar-refractivity contribution in [2.45, 2.75) is 18.9 Å². The molecule has 0 aliphatic carbocycles. The average molecular weight is 488 g/mol. The van der Waals surface area contributed by atoms with Crippen LogP contribution in [0, 0.1) is 0 Å². The average Bonchev–Trinajstić information content (AvgIpc) is 3.30. The van der Waals surface area contributed by atoms with Gasteiger partial charge in [-0.05, 0) is 43.2 Å². The first-order valence-electron chi connectivity index (χ1n) is 11.5. The van der Waals surface area contributed by atoms with Crippen molar-refractivity contribution in [1.29, 1.82) is 0 Å². The summed E-state index contributed by atoms with van der Waals surface area (Å²) < 4.78 is 6.94. The summed E-state index contributed by atoms with van der Waals surface area (Å²) in [6.07, 6.45) is 3.48. The van der Waals surface area contributed by atoms with Crippen molar-refractivity contribution < 1.29 is 14.3 Å². The first-order valence-corrected chi connectivity index (χ1v) is 12.3. The van der Waals surface area contributed by atoms with E-state index in [0.29, 0.717) is 23.7 Å². The second kappa shape index (κ2) is 10.1. The van der Waals surface area contributed by atoms with Gasteiger partial charge in [0.1, 0.15) is 17.2 Å². The van der Waals surface area contributed by atoms with E-state index >= 15 is 0 Å². The number of carbonyl (C=O) groups is 2. The Morgan fingerprint density at radius 2 is 1.91 bits per heavy atom. The van der Waals surface area contributed by atoms with Gasteiger partial charge in [0.15, 0.2) is 5.13 Å². The van der Waals surface area contributed by atoms with E-state index < -0.39 is 0 Å². The van der Waals surface area contributed by atoms with E-state index in [4.69, 9.17) is 9.72 Å². The molecule has 0 bridgehead atoms. The normalized spacial score (nSPS) is 15.6. The zero-order valence-corrected chi connectivity index (χ0v) is 20.0. The predicted octanol–water partition coefficient (Wildman–Crippen LogP) is 4.56. The topological polar surface area (TPSA) is 96.5 Å². The Bertz CT molecular complexity index is 1360. The Morgan fingerprint density at radius 1 is 1.09 bits per heavy atom. The fourth-order valence-electron chi connectivity index (χ4n) is 4.11. The highest BCUT2D eigenvalue weighted by Crippen LogP contribution is 2.32. The van der Waals surface area contributed by atoms with Crippen LogP contribution in [0.2, 0.25) is 0 Å². The van der Waals surface area contributed by atoms with Gasteiger partial charge in [-0.25, -0.2) is 4.98 Å². The number of rotatable bonds is 6. The molecule has 5 rings (SSSR count). The third kappa shape index (κ3) is 5.25. The number of fused-ring (bicyclic) bond motifs is 1. The molecule has 1 saturated heterocycles. The molecule has 9 heteroatoms. The maximum Gasteiger partial charge on any atom is 0.269 e. The molecule has 1 atom stereocenters. The van der Waals surface area contributed by atoms with Crippen LogP contribution in [0.1, 0.15) is 33.7 Å². The molecule has 0 radical (unpaired) electrons. The second-order valence-corrected chi connectivity index (χ2v) is 9.34. The van der Waals surface area contributed by atoms with E-state index in [1.807, 2.05) is 53.4 Å². The predicted molar refractivity (Wildman–Crippen MR) is 136 cm³/mol. The van der Waals surface area contributed by atoms with Crippen molar-refractivity contribution >= 4 is 38.5 Å². The number of likely N-dealkylation sites (tertiary alicyclic amines) is 1. The minimum Gasteiger partial charge on any atom is -0.457 e. The quantitative estimate of drug-likeness (QED) is 0.414. The number of thiazole rings is 1. The van der Waals surface area contributed by atoms with Crippen LogP contribution in [0.4, 0.5) is 5.13 Å². The Morgan fingerprint density at radius 3 is 2.74 bits per heavy atom. The molecule has 0 saturated carbocycles. The largest absolute Gasteiger partial charge is 0.457 e. The van der Waals surface area contributed by atoms with Gasteiger partial charge in [-0.2, -0.15) is 0 Å². The molecule has 0 spiro atoms. The molecule has 1 aliphatic rings. The lowest BCUT2D eigenvalue weighted by atomic mass is 10.0. The second-order valence-electron chi connectivity index (χ2n) is 8.31. The number of hydrogen-bond acceptors (Lipinski definition) is 7. The van der Waals surface area contributed by atoms with Gasteiger partial charge in [0.05, 0.1) is 10.2 Å². The summed E-state index contributed by atoms with van der Waals surface area (Å²) in [5.74, 6) is 0.986. The van der Waals surface area contributed by atoms with Crippen molar-refractivity contribution in [2.24, 2.45) is 0 Å². The Kier molecular flexibility index (Phi) is 6.58. The number of pyridine rings is 1. The standard InChI is InChI=1S/C26H25N5O3S/c1-27-24(32)22-14-20(11-12-28-22)34-19-9-10-21-23(15-19)35-26(30-21)29-18-8-5-13-31(16-18)25(33)17-6-3-2-4-7-17/h2-4,6-7,9-12,14-15,18H,5,8,13,16H2,1H3,(H,27,32)(H,29,30)/t18-/m0/s1. The number of amides is 2. The lowest BCUT2D eigenvalue weighted by Gasteiger charge is -2.33. The molecule has 2 aromatic heterocycles. The van der Waals surface area contributed by atoms with Crippen molar-refractivity contribution in [2.75, 3.05) is 25.5 Å². The molecular weight excluding hydrogens is 462 g/mol. The van der Waals surface area contributed by atoms with Crippen LogP contribution in [0.3, 0.4) is 0 Å². The van der Waals surface area contributed by atoms with E-state index in [-0.39, 0.29) is 17.9 Å². The summed E-state index contributed by atoms with van der Waals surface area (Å²) in [6.45, 7) is 1.41. The number of nitrogens with one attached hydrogen (secondary N) is 2. The maximum absolute atomic E-state index is 12.8. The number of benzene rings is 2. The molecule has 3 heterocycles. The fourth-order valence-corrected chi connectivity index (χ4v) is 5.08. The van der Waals surface area contributed by atoms with Crippen LogP contribution in [0.25, 0.3) is 10.2 Å². The van der Waals surface area contributed by atoms with Gasteiger partial charge in [0.2, 0.25) is 0 Å². The summed E-state index contributed by atoms with van der Waals surface area (Å²) in [6, 6.07) is 18.6. The van der Waals surface area contributed by atoms with Gasteiger partial charge >= 0.3 is 0 Å². The highest BCUT2D eigenvalue weighted by molar-refractivity contribution is 7.22. The van der Waals surface area contributed by atoms with Gasteiger partial charge in [-0.3, -0.25) is 14.6 Å². The van der Waals surface area contributed by atoms with E-state index in [1.165, 1.54) is 0 Å². The lowest BCUT2D eigenvalue weighted by Crippen LogP contribution is -2.45. The highest BCUT2D eigenvalue weighted by Gasteiger charge is 2.25. The summed E-state index contributed by atoms with van der Waals surface area (Å²) in [5.41, 5.74) is 1.89. The van der Waals surface area contributed by atoms with Gasteiger partial charge in [-0.15, -0.1) is 0 Å². The van der Waals surface area contributed by atoms with Crippen molar-refractivity contribution in [3.63, 3.8) is 0 Å². The minimum atomic E-state index is -0.268. The van der Waals surface area contributed by atoms with Crippen LogP contribution < -0.4 is 15.4 Å². The third-order valence-corrected chi connectivity index (χ3v) is 6.79. The van der Waals surface area contributed by atoms with Crippen molar-refractivity contribution in [3.8, 4) is 11.5 Å². The summed E-state index contributed by atoms with van der Waals surface area (Å²) in [4.78, 5) is 35.4. The van der Waals surface area contributed by atoms with Crippen molar-refractivity contribution in [3.05, 3.63) is 78.1 Å². The third-order valence-electron chi connectivity index (χ3n) is 5.84. The lowest BCUT2D eigenvalue weighted by molar-refractivity contribution is 0.0714. The zero-order valence-electron chi connectivity index (χ0n) is 19.2. The number of carbonyl (C=O) groups excluding carboxylic acids is 2. The van der Waals surface area contributed by atoms with Gasteiger partial charge in [0, 0.05) is 50.1 Å². The van der Waals surface area contributed by atoms with Gasteiger partial charge in [0.25, 0.3) is 11.8 Å². The van der Waals surface area contributed by atoms with Crippen LogP contribution in [0.5, 0.6) is 11.5 Å². The van der Waals surface area contributed by atoms with Crippen molar-refractivity contribution in [1.82, 2.24) is 20.2 Å². The first kappa shape index (κ1) is 22.8. The maximum atomic E-state index is 12.8. The van der Waals surface area contributed by atoms with Crippen LogP contribution in [0.15, 0.2) is 66.9 Å². The van der Waals surface area contributed by atoms with Crippen LogP contribution in [-0.4, -0.2) is 52.9 Å². The Hall–Kier alpha value is -3.98. The van der Waals surface area contributed by atoms with Crippen LogP contribution in [-0.2, 0) is 0 Å². The molecular formula is C26H25N5O3S. The first-order chi connectivity index (χ1) is 17.1. The molecule has 1 fully saturated rings. The Balaban J connectivity index is 1.26. The van der Waals surface area contributed by atoms with Gasteiger partial charge < -0.3 is 20.3 Å². The molecule has 2 aromatic carbocycles. The number of hydrogen-bond donors (Lipinski definition) is 2. The Labute approximate surface area is 207 Å². The van der Waals surface area contributed by atoms with Gasteiger partial charge in [-0.1, -0.05) is 29.5 Å². The molecule has 4 aromatic rings. The molecule has 178 valence electrons. The molecule has 8 nitrogen and oxygen atoms in total. The SMILES string of the molecule is CNC(=O)c1cc(Oc2ccc3nc(N[C@H]4CCCN(C(=O)c5ccccc5)C4)sc3c2)ccn1. The molecule has 0 unspecified atom stereocenters.